The number of nitrogens with zero attached hydrogens (tertiary/aromatic N) is 1. The fourth-order valence-corrected chi connectivity index (χ4v) is 3.62. The second-order valence-corrected chi connectivity index (χ2v) is 8.25. The van der Waals surface area contributed by atoms with E-state index in [2.05, 4.69) is 0 Å². The Kier molecular flexibility index (Phi) is 5.51. The Balaban J connectivity index is 2.02. The first-order valence-corrected chi connectivity index (χ1v) is 9.60. The molecule has 0 aliphatic carbocycles. The van der Waals surface area contributed by atoms with Crippen LogP contribution in [0.25, 0.3) is 0 Å². The number of anilines is 1. The van der Waals surface area contributed by atoms with Crippen molar-refractivity contribution in [2.24, 2.45) is 5.41 Å². The molecule has 5 nitrogen and oxygen atoms in total. The number of esters is 1. The summed E-state index contributed by atoms with van der Waals surface area (Å²) >= 11 is 0. The minimum Gasteiger partial charge on any atom is -0.497 e. The van der Waals surface area contributed by atoms with E-state index in [1.807, 2.05) is 48.5 Å². The van der Waals surface area contributed by atoms with E-state index in [0.29, 0.717) is 6.42 Å². The molecule has 0 saturated heterocycles. The summed E-state index contributed by atoms with van der Waals surface area (Å²) in [5.74, 6) is 0.392. The molecule has 2 aromatic rings. The summed E-state index contributed by atoms with van der Waals surface area (Å²) in [4.78, 5) is 27.2. The zero-order valence-corrected chi connectivity index (χ0v) is 17.6. The number of methoxy groups -OCH3 is 1. The molecule has 3 rings (SSSR count). The minimum atomic E-state index is -0.887. The molecule has 1 heterocycles. The van der Waals surface area contributed by atoms with Crippen LogP contribution in [0.4, 0.5) is 5.69 Å². The molecule has 152 valence electrons. The summed E-state index contributed by atoms with van der Waals surface area (Å²) in [5, 5.41) is 0. The van der Waals surface area contributed by atoms with Gasteiger partial charge in [-0.25, -0.2) is 0 Å². The average Bonchev–Trinajstić information content (AvgIpc) is 2.93. The van der Waals surface area contributed by atoms with Crippen molar-refractivity contribution < 1.29 is 19.1 Å². The molecule has 1 aliphatic rings. The van der Waals surface area contributed by atoms with Gasteiger partial charge >= 0.3 is 5.97 Å². The van der Waals surface area contributed by atoms with Crippen molar-refractivity contribution in [1.82, 2.24) is 0 Å². The van der Waals surface area contributed by atoms with Crippen LogP contribution in [0.1, 0.15) is 38.3 Å². The molecule has 0 spiro atoms. The van der Waals surface area contributed by atoms with E-state index in [0.717, 1.165) is 22.6 Å². The Hall–Kier alpha value is -3.08. The maximum atomic E-state index is 13.5. The Morgan fingerprint density at radius 2 is 1.76 bits per heavy atom. The van der Waals surface area contributed by atoms with Gasteiger partial charge in [-0.1, -0.05) is 30.3 Å². The number of benzene rings is 2. The lowest BCUT2D eigenvalue weighted by atomic mass is 9.73. The minimum absolute atomic E-state index is 0.0179. The first-order valence-electron chi connectivity index (χ1n) is 9.60. The average molecular weight is 393 g/mol. The van der Waals surface area contributed by atoms with Gasteiger partial charge in [-0.3, -0.25) is 9.59 Å². The van der Waals surface area contributed by atoms with Crippen molar-refractivity contribution in [1.29, 1.82) is 0 Å². The molecule has 2 aromatic carbocycles. The van der Waals surface area contributed by atoms with Crippen LogP contribution in [-0.4, -0.2) is 26.0 Å². The molecule has 0 fully saturated rings. The first-order chi connectivity index (χ1) is 13.7. The highest BCUT2D eigenvalue weighted by Crippen LogP contribution is 2.48. The summed E-state index contributed by atoms with van der Waals surface area (Å²) in [5.41, 5.74) is 1.21. The second-order valence-electron chi connectivity index (χ2n) is 8.25. The van der Waals surface area contributed by atoms with E-state index in [9.17, 15) is 9.59 Å². The van der Waals surface area contributed by atoms with Gasteiger partial charge in [-0.15, -0.1) is 0 Å². The predicted octanol–water partition coefficient (Wildman–Crippen LogP) is 4.45. The van der Waals surface area contributed by atoms with Gasteiger partial charge in [0.15, 0.2) is 0 Å². The second kappa shape index (κ2) is 7.74. The number of carbonyl (C=O) groups is 2. The summed E-state index contributed by atoms with van der Waals surface area (Å²) in [6.07, 6.45) is 3.52. The van der Waals surface area contributed by atoms with E-state index in [4.69, 9.17) is 9.47 Å². The number of hydrogen-bond acceptors (Lipinski definition) is 4. The van der Waals surface area contributed by atoms with Crippen molar-refractivity contribution in [3.63, 3.8) is 0 Å². The Morgan fingerprint density at radius 3 is 2.38 bits per heavy atom. The van der Waals surface area contributed by atoms with Gasteiger partial charge < -0.3 is 14.4 Å². The van der Waals surface area contributed by atoms with Gasteiger partial charge in [0.1, 0.15) is 11.2 Å². The Bertz CT molecular complexity index is 940. The topological polar surface area (TPSA) is 55.8 Å². The summed E-state index contributed by atoms with van der Waals surface area (Å²) < 4.78 is 10.5. The number of likely N-dealkylation sites (N-methyl/N-ethyl adjacent to an activating group) is 1. The van der Waals surface area contributed by atoms with Crippen molar-refractivity contribution in [3.05, 3.63) is 72.0 Å². The molecule has 0 bridgehead atoms. The highest BCUT2D eigenvalue weighted by molar-refractivity contribution is 6.10. The molecule has 29 heavy (non-hydrogen) atoms. The number of hydrogen-bond donors (Lipinski definition) is 0. The molecular formula is C24H27NO4. The highest BCUT2D eigenvalue weighted by atomic mass is 16.5. The normalized spacial score (nSPS) is 18.8. The van der Waals surface area contributed by atoms with Gasteiger partial charge in [-0.2, -0.15) is 0 Å². The molecule has 5 heteroatoms. The smallest absolute Gasteiger partial charge is 0.316 e. The lowest BCUT2D eigenvalue weighted by Gasteiger charge is -2.28. The van der Waals surface area contributed by atoms with Gasteiger partial charge in [-0.05, 0) is 62.6 Å². The SMILES string of the molecule is COc1ccc(C2(C/C=C/OC(=O)C(C)(C)C)C(=O)N(C)c3ccccc32)cc1. The van der Waals surface area contributed by atoms with Crippen LogP contribution < -0.4 is 9.64 Å². The fourth-order valence-electron chi connectivity index (χ4n) is 3.62. The van der Waals surface area contributed by atoms with E-state index in [1.54, 1.807) is 45.9 Å². The molecule has 1 unspecified atom stereocenters. The fraction of sp³-hybridized carbons (Fsp3) is 0.333. The predicted molar refractivity (Wildman–Crippen MR) is 113 cm³/mol. The van der Waals surface area contributed by atoms with Gasteiger partial charge in [0.05, 0.1) is 18.8 Å². The van der Waals surface area contributed by atoms with Crippen molar-refractivity contribution in [3.8, 4) is 5.75 Å². The molecular weight excluding hydrogens is 366 g/mol. The number of amides is 1. The van der Waals surface area contributed by atoms with Crippen LogP contribution in [0.5, 0.6) is 5.75 Å². The van der Waals surface area contributed by atoms with Crippen LogP contribution in [-0.2, 0) is 19.7 Å². The summed E-state index contributed by atoms with van der Waals surface area (Å²) in [7, 11) is 3.40. The standard InChI is InChI=1S/C24H27NO4/c1-23(2,3)22(27)29-16-8-15-24(17-11-13-18(28-5)14-12-17)19-9-6-7-10-20(19)25(4)21(24)26/h6-14,16H,15H2,1-5H3/b16-8+. The lowest BCUT2D eigenvalue weighted by molar-refractivity contribution is -0.146. The third-order valence-corrected chi connectivity index (χ3v) is 5.29. The molecule has 1 amide bonds. The van der Waals surface area contributed by atoms with Gasteiger partial charge in [0.25, 0.3) is 0 Å². The first kappa shape index (κ1) is 20.6. The number of allylic oxidation sites excluding steroid dienone is 1. The number of fused-ring (bicyclic) bond motifs is 1. The van der Waals surface area contributed by atoms with Gasteiger partial charge in [0.2, 0.25) is 5.91 Å². The van der Waals surface area contributed by atoms with E-state index >= 15 is 0 Å². The molecule has 0 saturated carbocycles. The largest absolute Gasteiger partial charge is 0.497 e. The van der Waals surface area contributed by atoms with Crippen LogP contribution in [0.2, 0.25) is 0 Å². The van der Waals surface area contributed by atoms with Crippen LogP contribution in [0.3, 0.4) is 0 Å². The van der Waals surface area contributed by atoms with Gasteiger partial charge in [0, 0.05) is 12.7 Å². The molecule has 1 atom stereocenters. The van der Waals surface area contributed by atoms with Crippen molar-refractivity contribution >= 4 is 17.6 Å². The van der Waals surface area contributed by atoms with Crippen LogP contribution in [0.15, 0.2) is 60.9 Å². The van der Waals surface area contributed by atoms with E-state index < -0.39 is 10.8 Å². The molecule has 1 aliphatic heterocycles. The van der Waals surface area contributed by atoms with Crippen molar-refractivity contribution in [2.45, 2.75) is 32.6 Å². The maximum absolute atomic E-state index is 13.5. The van der Waals surface area contributed by atoms with Crippen LogP contribution in [0, 0.1) is 5.41 Å². The number of ether oxygens (including phenoxy) is 2. The van der Waals surface area contributed by atoms with E-state index in [-0.39, 0.29) is 11.9 Å². The highest BCUT2D eigenvalue weighted by Gasteiger charge is 2.50. The third-order valence-electron chi connectivity index (χ3n) is 5.29. The quantitative estimate of drug-likeness (QED) is 0.556. The van der Waals surface area contributed by atoms with Crippen molar-refractivity contribution in [2.75, 3.05) is 19.1 Å². The number of rotatable bonds is 5. The summed E-state index contributed by atoms with van der Waals surface area (Å²) in [6.45, 7) is 5.40. The molecule has 0 aromatic heterocycles. The zero-order chi connectivity index (χ0) is 21.2. The summed E-state index contributed by atoms with van der Waals surface area (Å²) in [6, 6.07) is 15.3. The monoisotopic (exact) mass is 393 g/mol. The maximum Gasteiger partial charge on any atom is 0.316 e. The van der Waals surface area contributed by atoms with E-state index in [1.165, 1.54) is 6.26 Å². The van der Waals surface area contributed by atoms with Crippen LogP contribution >= 0.6 is 0 Å². The molecule has 0 radical (unpaired) electrons. The Morgan fingerprint density at radius 1 is 1.10 bits per heavy atom. The lowest BCUT2D eigenvalue weighted by Crippen LogP contribution is -2.39. The number of para-hydroxylation sites is 1. The number of carbonyl (C=O) groups excluding carboxylic acids is 2. The molecule has 0 N–H and O–H groups in total. The zero-order valence-electron chi connectivity index (χ0n) is 17.6. The Labute approximate surface area is 171 Å². The third kappa shape index (κ3) is 3.65.